The first-order valence-electron chi connectivity index (χ1n) is 8.99. The van der Waals surface area contributed by atoms with Crippen LogP contribution in [-0.2, 0) is 16.2 Å². The summed E-state index contributed by atoms with van der Waals surface area (Å²) in [5.74, 6) is -3.01. The lowest BCUT2D eigenvalue weighted by Crippen LogP contribution is -2.27. The molecular weight excluding hydrogens is 457 g/mol. The molecular formula is C20H16F5N3O3S. The standard InChI is InChI=1S/C20H16F5N3O3S/c1-10(12-6-15(21)18(16(22)7-12)28-32(2,30)31)27-19(29)13-5-11-3-4-14(20(23,24)25)8-17(11)26-9-13/h3-10,28H,1-2H3,(H,27,29). The number of nitrogens with zero attached hydrogens (tertiary/aromatic N) is 1. The highest BCUT2D eigenvalue weighted by Crippen LogP contribution is 2.31. The summed E-state index contributed by atoms with van der Waals surface area (Å²) in [7, 11) is -3.91. The number of carbonyl (C=O) groups is 1. The van der Waals surface area contributed by atoms with Gasteiger partial charge in [-0.15, -0.1) is 0 Å². The van der Waals surface area contributed by atoms with E-state index in [2.05, 4.69) is 10.3 Å². The average Bonchev–Trinajstić information content (AvgIpc) is 2.68. The average molecular weight is 473 g/mol. The van der Waals surface area contributed by atoms with E-state index < -0.39 is 51.0 Å². The SMILES string of the molecule is CC(NC(=O)c1cnc2cc(C(F)(F)F)ccc2c1)c1cc(F)c(NS(C)(=O)=O)c(F)c1. The van der Waals surface area contributed by atoms with E-state index in [1.165, 1.54) is 19.1 Å². The summed E-state index contributed by atoms with van der Waals surface area (Å²) in [6.45, 7) is 1.44. The summed E-state index contributed by atoms with van der Waals surface area (Å²) in [6, 6.07) is 5.11. The summed E-state index contributed by atoms with van der Waals surface area (Å²) in [4.78, 5) is 16.4. The van der Waals surface area contributed by atoms with Crippen LogP contribution in [0.4, 0.5) is 27.6 Å². The van der Waals surface area contributed by atoms with Crippen molar-refractivity contribution in [2.75, 3.05) is 11.0 Å². The number of aromatic nitrogens is 1. The number of fused-ring (bicyclic) bond motifs is 1. The highest BCUT2D eigenvalue weighted by Gasteiger charge is 2.30. The van der Waals surface area contributed by atoms with Crippen molar-refractivity contribution in [2.45, 2.75) is 19.1 Å². The number of halogens is 5. The Labute approximate surface area is 179 Å². The summed E-state index contributed by atoms with van der Waals surface area (Å²) < 4.78 is 91.0. The number of rotatable bonds is 5. The minimum Gasteiger partial charge on any atom is -0.345 e. The first-order chi connectivity index (χ1) is 14.7. The number of alkyl halides is 3. The van der Waals surface area contributed by atoms with E-state index in [4.69, 9.17) is 0 Å². The second-order valence-electron chi connectivity index (χ2n) is 7.06. The smallest absolute Gasteiger partial charge is 0.345 e. The molecule has 0 spiro atoms. The Morgan fingerprint density at radius 1 is 1.06 bits per heavy atom. The molecule has 0 saturated carbocycles. The predicted molar refractivity (Wildman–Crippen MR) is 107 cm³/mol. The Balaban J connectivity index is 1.81. The predicted octanol–water partition coefficient (Wildman–Crippen LogP) is 4.39. The van der Waals surface area contributed by atoms with E-state index in [1.807, 2.05) is 0 Å². The van der Waals surface area contributed by atoms with Gasteiger partial charge in [-0.2, -0.15) is 13.2 Å². The van der Waals surface area contributed by atoms with Crippen LogP contribution in [0.3, 0.4) is 0 Å². The zero-order valence-electron chi connectivity index (χ0n) is 16.6. The maximum atomic E-state index is 14.2. The molecule has 1 aromatic heterocycles. The fourth-order valence-corrected chi connectivity index (χ4v) is 3.48. The summed E-state index contributed by atoms with van der Waals surface area (Å²) in [5, 5.41) is 2.80. The third-order valence-corrected chi connectivity index (χ3v) is 5.05. The van der Waals surface area contributed by atoms with E-state index >= 15 is 0 Å². The van der Waals surface area contributed by atoms with Gasteiger partial charge in [0, 0.05) is 11.6 Å². The van der Waals surface area contributed by atoms with Gasteiger partial charge in [-0.25, -0.2) is 17.2 Å². The van der Waals surface area contributed by atoms with Crippen LogP contribution in [0.25, 0.3) is 10.9 Å². The molecule has 1 heterocycles. The van der Waals surface area contributed by atoms with Crippen LogP contribution in [0, 0.1) is 11.6 Å². The quantitative estimate of drug-likeness (QED) is 0.538. The molecule has 1 amide bonds. The summed E-state index contributed by atoms with van der Waals surface area (Å²) in [6.07, 6.45) is -2.70. The lowest BCUT2D eigenvalue weighted by molar-refractivity contribution is -0.137. The van der Waals surface area contributed by atoms with Gasteiger partial charge in [0.1, 0.15) is 5.69 Å². The molecule has 0 saturated heterocycles. The maximum Gasteiger partial charge on any atom is 0.416 e. The lowest BCUT2D eigenvalue weighted by Gasteiger charge is -2.16. The molecule has 1 unspecified atom stereocenters. The molecule has 2 N–H and O–H groups in total. The van der Waals surface area contributed by atoms with Gasteiger partial charge in [-0.3, -0.25) is 14.5 Å². The Morgan fingerprint density at radius 3 is 2.25 bits per heavy atom. The molecule has 12 heteroatoms. The van der Waals surface area contributed by atoms with Gasteiger partial charge in [0.05, 0.1) is 28.9 Å². The number of benzene rings is 2. The number of sulfonamides is 1. The molecule has 0 aliphatic carbocycles. The maximum absolute atomic E-state index is 14.2. The topological polar surface area (TPSA) is 88.2 Å². The molecule has 1 atom stereocenters. The minimum atomic E-state index is -4.53. The number of pyridine rings is 1. The third-order valence-electron chi connectivity index (χ3n) is 4.47. The molecule has 0 aliphatic rings. The van der Waals surface area contributed by atoms with Crippen molar-refractivity contribution < 1.29 is 35.2 Å². The number of hydrogen-bond donors (Lipinski definition) is 2. The first kappa shape index (κ1) is 23.4. The van der Waals surface area contributed by atoms with Crippen molar-refractivity contribution in [2.24, 2.45) is 0 Å². The second kappa shape index (κ2) is 8.34. The first-order valence-corrected chi connectivity index (χ1v) is 10.9. The van der Waals surface area contributed by atoms with Gasteiger partial charge in [-0.05, 0) is 42.8 Å². The van der Waals surface area contributed by atoms with Gasteiger partial charge < -0.3 is 5.32 Å². The van der Waals surface area contributed by atoms with Crippen LogP contribution in [0.15, 0.2) is 42.6 Å². The van der Waals surface area contributed by atoms with Crippen LogP contribution >= 0.6 is 0 Å². The Kier molecular flexibility index (Phi) is 6.09. The van der Waals surface area contributed by atoms with E-state index in [9.17, 15) is 35.2 Å². The van der Waals surface area contributed by atoms with Crippen molar-refractivity contribution >= 4 is 32.5 Å². The fourth-order valence-electron chi connectivity index (χ4n) is 2.91. The highest BCUT2D eigenvalue weighted by atomic mass is 32.2. The molecule has 0 bridgehead atoms. The third kappa shape index (κ3) is 5.31. The molecule has 0 aliphatic heterocycles. The van der Waals surface area contributed by atoms with Crippen molar-refractivity contribution in [1.82, 2.24) is 10.3 Å². The van der Waals surface area contributed by atoms with E-state index in [1.54, 1.807) is 4.72 Å². The number of carbonyl (C=O) groups excluding carboxylic acids is 1. The Bertz CT molecular complexity index is 1290. The van der Waals surface area contributed by atoms with E-state index in [0.717, 1.165) is 36.7 Å². The van der Waals surface area contributed by atoms with Crippen molar-refractivity contribution in [3.63, 3.8) is 0 Å². The van der Waals surface area contributed by atoms with Crippen molar-refractivity contribution in [3.05, 3.63) is 70.9 Å². The number of amides is 1. The minimum absolute atomic E-state index is 0.0240. The van der Waals surface area contributed by atoms with Crippen molar-refractivity contribution in [3.8, 4) is 0 Å². The Hall–Kier alpha value is -3.28. The largest absolute Gasteiger partial charge is 0.416 e. The summed E-state index contributed by atoms with van der Waals surface area (Å²) >= 11 is 0. The molecule has 3 aromatic rings. The molecule has 32 heavy (non-hydrogen) atoms. The van der Waals surface area contributed by atoms with Gasteiger partial charge in [-0.1, -0.05) is 6.07 Å². The highest BCUT2D eigenvalue weighted by molar-refractivity contribution is 7.92. The molecule has 0 fully saturated rings. The summed E-state index contributed by atoms with van der Waals surface area (Å²) in [5.41, 5.74) is -1.62. The van der Waals surface area contributed by atoms with E-state index in [0.29, 0.717) is 5.39 Å². The van der Waals surface area contributed by atoms with Gasteiger partial charge in [0.2, 0.25) is 10.0 Å². The van der Waals surface area contributed by atoms with Crippen LogP contribution in [0.2, 0.25) is 0 Å². The zero-order valence-corrected chi connectivity index (χ0v) is 17.4. The van der Waals surface area contributed by atoms with Crippen molar-refractivity contribution in [1.29, 1.82) is 0 Å². The van der Waals surface area contributed by atoms with Gasteiger partial charge in [0.25, 0.3) is 5.91 Å². The normalized spacial score (nSPS) is 13.1. The Morgan fingerprint density at radius 2 is 1.69 bits per heavy atom. The van der Waals surface area contributed by atoms with Crippen LogP contribution in [-0.4, -0.2) is 25.6 Å². The molecule has 0 radical (unpaired) electrons. The van der Waals surface area contributed by atoms with Gasteiger partial charge >= 0.3 is 6.18 Å². The van der Waals surface area contributed by atoms with Crippen LogP contribution < -0.4 is 10.0 Å². The van der Waals surface area contributed by atoms with Crippen LogP contribution in [0.1, 0.15) is 34.5 Å². The second-order valence-corrected chi connectivity index (χ2v) is 8.81. The number of anilines is 1. The monoisotopic (exact) mass is 473 g/mol. The molecule has 6 nitrogen and oxygen atoms in total. The van der Waals surface area contributed by atoms with Gasteiger partial charge in [0.15, 0.2) is 11.6 Å². The lowest BCUT2D eigenvalue weighted by atomic mass is 10.1. The number of nitrogens with one attached hydrogen (secondary N) is 2. The number of hydrogen-bond acceptors (Lipinski definition) is 4. The zero-order chi connectivity index (χ0) is 23.8. The molecule has 3 rings (SSSR count). The molecule has 2 aromatic carbocycles. The van der Waals surface area contributed by atoms with E-state index in [-0.39, 0.29) is 16.6 Å². The van der Waals surface area contributed by atoms with Crippen LogP contribution in [0.5, 0.6) is 0 Å². The fraction of sp³-hybridized carbons (Fsp3) is 0.200. The molecule has 170 valence electrons.